The van der Waals surface area contributed by atoms with Crippen molar-refractivity contribution in [2.24, 2.45) is 0 Å². The van der Waals surface area contributed by atoms with Gasteiger partial charge in [0.2, 0.25) is 0 Å². The summed E-state index contributed by atoms with van der Waals surface area (Å²) in [6, 6.07) is 12.5. The van der Waals surface area contributed by atoms with E-state index in [1.54, 1.807) is 6.07 Å². The highest BCUT2D eigenvalue weighted by atomic mass is 16.5. The van der Waals surface area contributed by atoms with Crippen LogP contribution >= 0.6 is 0 Å². The number of aryl methyl sites for hydroxylation is 1. The molecule has 0 amide bonds. The zero-order valence-corrected chi connectivity index (χ0v) is 14.0. The molecule has 0 fully saturated rings. The van der Waals surface area contributed by atoms with Crippen LogP contribution in [0.4, 0.5) is 0 Å². The second-order valence-electron chi connectivity index (χ2n) is 5.26. The van der Waals surface area contributed by atoms with Crippen LogP contribution in [-0.4, -0.2) is 31.4 Å². The lowest BCUT2D eigenvalue weighted by Crippen LogP contribution is -2.10. The Bertz CT molecular complexity index is 664. The van der Waals surface area contributed by atoms with Crippen molar-refractivity contribution < 1.29 is 24.1 Å². The van der Waals surface area contributed by atoms with Crippen LogP contribution < -0.4 is 14.2 Å². The highest BCUT2D eigenvalue weighted by molar-refractivity contribution is 5.88. The van der Waals surface area contributed by atoms with Crippen LogP contribution in [0, 0.1) is 0 Å². The fourth-order valence-electron chi connectivity index (χ4n) is 2.27. The standard InChI is InChI=1S/C19H22O5/c1-3-4-14-5-8-16(9-6-14)23-11-12-24-17-10-7-15(19(20)21)13-18(17)22-2/h5-10,13H,3-4,11-12H2,1-2H3,(H,20,21). The van der Waals surface area contributed by atoms with E-state index < -0.39 is 5.97 Å². The van der Waals surface area contributed by atoms with Crippen LogP contribution in [0.3, 0.4) is 0 Å². The molecule has 0 bridgehead atoms. The fourth-order valence-corrected chi connectivity index (χ4v) is 2.27. The Morgan fingerprint density at radius 3 is 2.33 bits per heavy atom. The van der Waals surface area contributed by atoms with E-state index in [0.29, 0.717) is 24.7 Å². The number of benzene rings is 2. The summed E-state index contributed by atoms with van der Waals surface area (Å²) < 4.78 is 16.4. The van der Waals surface area contributed by atoms with E-state index >= 15 is 0 Å². The van der Waals surface area contributed by atoms with Crippen molar-refractivity contribution >= 4 is 5.97 Å². The lowest BCUT2D eigenvalue weighted by Gasteiger charge is -2.12. The van der Waals surface area contributed by atoms with E-state index in [1.165, 1.54) is 24.8 Å². The van der Waals surface area contributed by atoms with Crippen molar-refractivity contribution in [1.29, 1.82) is 0 Å². The Labute approximate surface area is 141 Å². The summed E-state index contributed by atoms with van der Waals surface area (Å²) >= 11 is 0. The average molecular weight is 330 g/mol. The number of ether oxygens (including phenoxy) is 3. The van der Waals surface area contributed by atoms with Gasteiger partial charge in [0.1, 0.15) is 19.0 Å². The van der Waals surface area contributed by atoms with E-state index in [9.17, 15) is 4.79 Å². The molecule has 2 aromatic carbocycles. The van der Waals surface area contributed by atoms with Gasteiger partial charge in [-0.2, -0.15) is 0 Å². The minimum absolute atomic E-state index is 0.155. The van der Waals surface area contributed by atoms with Crippen molar-refractivity contribution in [3.8, 4) is 17.2 Å². The van der Waals surface area contributed by atoms with Crippen LogP contribution in [0.15, 0.2) is 42.5 Å². The molecule has 2 aromatic rings. The maximum atomic E-state index is 10.9. The summed E-state index contributed by atoms with van der Waals surface area (Å²) in [5.41, 5.74) is 1.45. The van der Waals surface area contributed by atoms with Gasteiger partial charge in [-0.15, -0.1) is 0 Å². The van der Waals surface area contributed by atoms with Gasteiger partial charge < -0.3 is 19.3 Å². The molecule has 1 N–H and O–H groups in total. The number of hydrogen-bond donors (Lipinski definition) is 1. The van der Waals surface area contributed by atoms with Crippen LogP contribution in [0.2, 0.25) is 0 Å². The first-order valence-electron chi connectivity index (χ1n) is 7.90. The van der Waals surface area contributed by atoms with Gasteiger partial charge in [0, 0.05) is 0 Å². The Morgan fingerprint density at radius 2 is 1.71 bits per heavy atom. The van der Waals surface area contributed by atoms with Gasteiger partial charge in [-0.1, -0.05) is 25.5 Å². The van der Waals surface area contributed by atoms with Crippen molar-refractivity contribution in [2.75, 3.05) is 20.3 Å². The zero-order chi connectivity index (χ0) is 17.4. The first-order chi connectivity index (χ1) is 11.6. The molecule has 0 aliphatic carbocycles. The van der Waals surface area contributed by atoms with E-state index in [4.69, 9.17) is 19.3 Å². The first kappa shape index (κ1) is 17.7. The summed E-state index contributed by atoms with van der Waals surface area (Å²) in [5.74, 6) is 0.671. The molecular formula is C19H22O5. The third kappa shape index (κ3) is 4.91. The predicted octanol–water partition coefficient (Wildman–Crippen LogP) is 3.80. The summed E-state index contributed by atoms with van der Waals surface area (Å²) in [6.07, 6.45) is 2.19. The molecule has 5 nitrogen and oxygen atoms in total. The third-order valence-electron chi connectivity index (χ3n) is 3.48. The van der Waals surface area contributed by atoms with Crippen molar-refractivity contribution in [1.82, 2.24) is 0 Å². The monoisotopic (exact) mass is 330 g/mol. The number of hydrogen-bond acceptors (Lipinski definition) is 4. The maximum Gasteiger partial charge on any atom is 0.335 e. The van der Waals surface area contributed by atoms with E-state index in [1.807, 2.05) is 12.1 Å². The normalized spacial score (nSPS) is 10.2. The Balaban J connectivity index is 1.84. The minimum Gasteiger partial charge on any atom is -0.493 e. The molecule has 24 heavy (non-hydrogen) atoms. The van der Waals surface area contributed by atoms with E-state index in [2.05, 4.69) is 19.1 Å². The molecule has 0 aliphatic heterocycles. The van der Waals surface area contributed by atoms with E-state index in [0.717, 1.165) is 18.6 Å². The topological polar surface area (TPSA) is 65.0 Å². The quantitative estimate of drug-likeness (QED) is 0.708. The lowest BCUT2D eigenvalue weighted by atomic mass is 10.1. The Morgan fingerprint density at radius 1 is 1.00 bits per heavy atom. The number of carbonyl (C=O) groups is 1. The number of methoxy groups -OCH3 is 1. The minimum atomic E-state index is -1.00. The van der Waals surface area contributed by atoms with Gasteiger partial charge in [-0.05, 0) is 42.3 Å². The SMILES string of the molecule is CCCc1ccc(OCCOc2ccc(C(=O)O)cc2OC)cc1. The molecule has 2 rings (SSSR count). The molecule has 0 atom stereocenters. The van der Waals surface area contributed by atoms with Gasteiger partial charge in [0.25, 0.3) is 0 Å². The van der Waals surface area contributed by atoms with Crippen LogP contribution in [-0.2, 0) is 6.42 Å². The third-order valence-corrected chi connectivity index (χ3v) is 3.48. The van der Waals surface area contributed by atoms with Gasteiger partial charge in [-0.25, -0.2) is 4.79 Å². The van der Waals surface area contributed by atoms with Gasteiger partial charge in [0.15, 0.2) is 11.5 Å². The summed E-state index contributed by atoms with van der Waals surface area (Å²) in [4.78, 5) is 10.9. The molecule has 128 valence electrons. The second-order valence-corrected chi connectivity index (χ2v) is 5.26. The molecule has 0 radical (unpaired) electrons. The van der Waals surface area contributed by atoms with Crippen molar-refractivity contribution in [3.63, 3.8) is 0 Å². The molecule has 0 saturated heterocycles. The number of aromatic carboxylic acids is 1. The predicted molar refractivity (Wildman–Crippen MR) is 91.4 cm³/mol. The average Bonchev–Trinajstić information content (AvgIpc) is 2.60. The first-order valence-corrected chi connectivity index (χ1v) is 7.90. The Hall–Kier alpha value is -2.69. The largest absolute Gasteiger partial charge is 0.493 e. The maximum absolute atomic E-state index is 10.9. The molecular weight excluding hydrogens is 308 g/mol. The van der Waals surface area contributed by atoms with Gasteiger partial charge in [0.05, 0.1) is 12.7 Å². The van der Waals surface area contributed by atoms with Crippen LogP contribution in [0.5, 0.6) is 17.2 Å². The molecule has 0 spiro atoms. The highest BCUT2D eigenvalue weighted by Gasteiger charge is 2.10. The zero-order valence-electron chi connectivity index (χ0n) is 14.0. The van der Waals surface area contributed by atoms with Crippen molar-refractivity contribution in [3.05, 3.63) is 53.6 Å². The number of carboxylic acid groups (broad SMARTS) is 1. The van der Waals surface area contributed by atoms with Crippen LogP contribution in [0.1, 0.15) is 29.3 Å². The molecule has 5 heteroatoms. The van der Waals surface area contributed by atoms with Crippen molar-refractivity contribution in [2.45, 2.75) is 19.8 Å². The summed E-state index contributed by atoms with van der Waals surface area (Å²) in [6.45, 7) is 2.87. The summed E-state index contributed by atoms with van der Waals surface area (Å²) in [7, 11) is 1.47. The highest BCUT2D eigenvalue weighted by Crippen LogP contribution is 2.28. The second kappa shape index (κ2) is 8.82. The smallest absolute Gasteiger partial charge is 0.335 e. The molecule has 0 aliphatic rings. The number of carboxylic acids is 1. The summed E-state index contributed by atoms with van der Waals surface area (Å²) in [5, 5.41) is 8.97. The molecule has 0 aromatic heterocycles. The number of rotatable bonds is 9. The molecule has 0 heterocycles. The molecule has 0 saturated carbocycles. The molecule has 0 unspecified atom stereocenters. The Kier molecular flexibility index (Phi) is 6.49. The fraction of sp³-hybridized carbons (Fsp3) is 0.316. The van der Waals surface area contributed by atoms with Crippen LogP contribution in [0.25, 0.3) is 0 Å². The van der Waals surface area contributed by atoms with Gasteiger partial charge >= 0.3 is 5.97 Å². The van der Waals surface area contributed by atoms with Gasteiger partial charge in [-0.3, -0.25) is 0 Å². The lowest BCUT2D eigenvalue weighted by molar-refractivity contribution is 0.0696. The van der Waals surface area contributed by atoms with E-state index in [-0.39, 0.29) is 5.56 Å².